The lowest BCUT2D eigenvalue weighted by atomic mass is 9.86. The number of allylic oxidation sites excluding steroid dienone is 2. The normalized spacial score (nSPS) is 14.6. The number of nitrogens with zero attached hydrogens (tertiary/aromatic N) is 1. The smallest absolute Gasteiger partial charge is 0.316 e. The highest BCUT2D eigenvalue weighted by molar-refractivity contribution is 5.99. The largest absolute Gasteiger partial charge is 0.462 e. The van der Waals surface area contributed by atoms with Crippen molar-refractivity contribution in [2.75, 3.05) is 19.8 Å². The molecule has 4 unspecified atom stereocenters. The third kappa shape index (κ3) is 22.4. The zero-order chi connectivity index (χ0) is 39.1. The fourth-order valence-corrected chi connectivity index (χ4v) is 4.66. The van der Waals surface area contributed by atoms with Crippen molar-refractivity contribution in [1.82, 2.24) is 0 Å². The number of carbonyl (C=O) groups is 3. The molecule has 8 heteroatoms. The molecule has 0 heterocycles. The number of hydrogen-bond donors (Lipinski definition) is 1. The molecule has 0 saturated carbocycles. The summed E-state index contributed by atoms with van der Waals surface area (Å²) in [6.45, 7) is 27.8. The fourth-order valence-electron chi connectivity index (χ4n) is 4.66. The number of carbonyl (C=O) groups excluding carboxylic acids is 3. The van der Waals surface area contributed by atoms with E-state index in [4.69, 9.17) is 14.2 Å². The molecule has 1 aromatic carbocycles. The van der Waals surface area contributed by atoms with Crippen molar-refractivity contribution < 1.29 is 33.7 Å². The predicted octanol–water partition coefficient (Wildman–Crippen LogP) is 8.71. The zero-order valence-corrected chi connectivity index (χ0v) is 33.7. The minimum absolute atomic E-state index is 0.0543. The van der Waals surface area contributed by atoms with Crippen LogP contribution in [0.25, 0.3) is 6.08 Å². The molecular formula is C42H67NO7. The number of hydrogen-bond acceptors (Lipinski definition) is 7. The van der Waals surface area contributed by atoms with Gasteiger partial charge in [-0.05, 0) is 78.9 Å². The van der Waals surface area contributed by atoms with Crippen LogP contribution in [0.3, 0.4) is 0 Å². The second-order valence-electron chi connectivity index (χ2n) is 13.8. The Morgan fingerprint density at radius 2 is 1.48 bits per heavy atom. The number of Topliss-reactive ketones (excluding diaryl/α,β-unsaturated/α-hetero) is 1. The van der Waals surface area contributed by atoms with Gasteiger partial charge in [0.15, 0.2) is 0 Å². The highest BCUT2D eigenvalue weighted by Gasteiger charge is 2.33. The Morgan fingerprint density at radius 1 is 0.920 bits per heavy atom. The molecule has 1 aromatic rings. The van der Waals surface area contributed by atoms with Crippen molar-refractivity contribution in [2.45, 2.75) is 128 Å². The monoisotopic (exact) mass is 697 g/mol. The fraction of sp³-hybridized carbons (Fsp3) is 0.619. The van der Waals surface area contributed by atoms with Crippen LogP contribution < -0.4 is 0 Å². The summed E-state index contributed by atoms with van der Waals surface area (Å²) < 4.78 is 17.7. The second kappa shape index (κ2) is 25.6. The van der Waals surface area contributed by atoms with Gasteiger partial charge >= 0.3 is 5.97 Å². The van der Waals surface area contributed by atoms with Gasteiger partial charge in [-0.2, -0.15) is 0 Å². The predicted molar refractivity (Wildman–Crippen MR) is 207 cm³/mol. The molecule has 1 amide bonds. The standard InChI is InChI=1S/C36H55NO7.C4H6.C2H6/c1-24(2)32(37-29(7)38)26(4)28(6)42-21-31(19-15-18-30-16-13-12-14-17-30)22-44-36(10,11)20-25(3)33(39)27(5)34(40)43-23-35(8,9)41;1-3-4-2;1-2/h12-19,24-28,41H,20-23H2,1-11H3;1-2H3;1-2H3/b18-15+,31-19+,37-32?;;. The summed E-state index contributed by atoms with van der Waals surface area (Å²) in [4.78, 5) is 41.4. The van der Waals surface area contributed by atoms with Crippen LogP contribution in [0.1, 0.15) is 116 Å². The molecule has 0 fully saturated rings. The summed E-state index contributed by atoms with van der Waals surface area (Å²) in [5, 5.41) is 9.82. The number of aliphatic imine (C=N–C) groups is 1. The molecule has 0 aliphatic rings. The van der Waals surface area contributed by atoms with Crippen LogP contribution in [0.15, 0.2) is 53.0 Å². The maximum atomic E-state index is 13.0. The van der Waals surface area contributed by atoms with Crippen molar-refractivity contribution in [3.63, 3.8) is 0 Å². The maximum Gasteiger partial charge on any atom is 0.316 e. The van der Waals surface area contributed by atoms with E-state index < -0.39 is 29.0 Å². The lowest BCUT2D eigenvalue weighted by molar-refractivity contribution is -0.158. The van der Waals surface area contributed by atoms with E-state index in [0.29, 0.717) is 13.0 Å². The van der Waals surface area contributed by atoms with Crippen molar-refractivity contribution in [3.05, 3.63) is 53.6 Å². The number of ketones is 1. The van der Waals surface area contributed by atoms with Gasteiger partial charge in [0.2, 0.25) is 5.91 Å². The molecule has 1 rings (SSSR count). The van der Waals surface area contributed by atoms with Crippen molar-refractivity contribution in [3.8, 4) is 11.8 Å². The van der Waals surface area contributed by atoms with Gasteiger partial charge in [0.05, 0.1) is 30.5 Å². The van der Waals surface area contributed by atoms with Crippen LogP contribution in [0, 0.1) is 35.5 Å². The van der Waals surface area contributed by atoms with Crippen LogP contribution in [-0.4, -0.2) is 65.6 Å². The van der Waals surface area contributed by atoms with Crippen LogP contribution in [0.2, 0.25) is 0 Å². The first-order valence-corrected chi connectivity index (χ1v) is 17.8. The minimum Gasteiger partial charge on any atom is -0.462 e. The van der Waals surface area contributed by atoms with Crippen molar-refractivity contribution in [2.24, 2.45) is 28.7 Å². The average Bonchev–Trinajstić information content (AvgIpc) is 3.06. The van der Waals surface area contributed by atoms with E-state index in [1.807, 2.05) is 118 Å². The van der Waals surface area contributed by atoms with Gasteiger partial charge in [-0.3, -0.25) is 14.4 Å². The molecule has 0 radical (unpaired) electrons. The third-order valence-electron chi connectivity index (χ3n) is 7.53. The van der Waals surface area contributed by atoms with Crippen LogP contribution in [0.5, 0.6) is 0 Å². The molecule has 4 atom stereocenters. The first kappa shape index (κ1) is 48.7. The SMILES string of the molecule is CC.CC#CC.CC(=O)N=C(C(C)C)C(C)C(C)OC/C(=C\C=C\c1ccccc1)COC(C)(C)CC(C)C(=O)C(C)C(=O)OCC(C)(C)O. The Morgan fingerprint density at radius 3 is 1.96 bits per heavy atom. The number of benzene rings is 1. The summed E-state index contributed by atoms with van der Waals surface area (Å²) in [5.74, 6) is 2.93. The van der Waals surface area contributed by atoms with Crippen molar-refractivity contribution in [1.29, 1.82) is 0 Å². The van der Waals surface area contributed by atoms with Gasteiger partial charge < -0.3 is 19.3 Å². The van der Waals surface area contributed by atoms with E-state index in [2.05, 4.69) is 16.8 Å². The van der Waals surface area contributed by atoms with Gasteiger partial charge in [-0.1, -0.05) is 90.1 Å². The van der Waals surface area contributed by atoms with E-state index in [1.54, 1.807) is 6.92 Å². The molecule has 0 saturated heterocycles. The number of aliphatic hydroxyl groups is 1. The molecule has 0 spiro atoms. The highest BCUT2D eigenvalue weighted by Crippen LogP contribution is 2.25. The summed E-state index contributed by atoms with van der Waals surface area (Å²) in [7, 11) is 0. The average molecular weight is 698 g/mol. The van der Waals surface area contributed by atoms with E-state index in [1.165, 1.54) is 27.7 Å². The van der Waals surface area contributed by atoms with E-state index in [-0.39, 0.29) is 42.8 Å². The zero-order valence-electron chi connectivity index (χ0n) is 33.7. The molecule has 50 heavy (non-hydrogen) atoms. The summed E-state index contributed by atoms with van der Waals surface area (Å²) in [6.07, 6.45) is 6.15. The highest BCUT2D eigenvalue weighted by atomic mass is 16.5. The van der Waals surface area contributed by atoms with Gasteiger partial charge in [-0.15, -0.1) is 11.8 Å². The van der Waals surface area contributed by atoms with E-state index in [9.17, 15) is 19.5 Å². The Bertz CT molecular complexity index is 1280. The number of amides is 1. The van der Waals surface area contributed by atoms with Gasteiger partial charge in [0, 0.05) is 24.5 Å². The van der Waals surface area contributed by atoms with Crippen molar-refractivity contribution >= 4 is 29.4 Å². The summed E-state index contributed by atoms with van der Waals surface area (Å²) >= 11 is 0. The summed E-state index contributed by atoms with van der Waals surface area (Å²) in [6, 6.07) is 9.97. The first-order valence-electron chi connectivity index (χ1n) is 17.8. The third-order valence-corrected chi connectivity index (χ3v) is 7.53. The lowest BCUT2D eigenvalue weighted by Crippen LogP contribution is -2.36. The molecule has 0 aliphatic heterocycles. The molecule has 8 nitrogen and oxygen atoms in total. The van der Waals surface area contributed by atoms with Crippen LogP contribution in [0.4, 0.5) is 0 Å². The maximum absolute atomic E-state index is 13.0. The number of rotatable bonds is 18. The minimum atomic E-state index is -1.17. The van der Waals surface area contributed by atoms with Crippen LogP contribution in [-0.2, 0) is 28.6 Å². The van der Waals surface area contributed by atoms with Gasteiger partial charge in [0.1, 0.15) is 18.3 Å². The molecule has 282 valence electrons. The topological polar surface area (TPSA) is 111 Å². The van der Waals surface area contributed by atoms with Crippen LogP contribution >= 0.6 is 0 Å². The molecule has 0 bridgehead atoms. The van der Waals surface area contributed by atoms with Gasteiger partial charge in [0.25, 0.3) is 0 Å². The number of esters is 1. The van der Waals surface area contributed by atoms with E-state index in [0.717, 1.165) is 16.8 Å². The summed E-state index contributed by atoms with van der Waals surface area (Å²) in [5.41, 5.74) is 0.943. The Kier molecular flexibility index (Phi) is 24.9. The van der Waals surface area contributed by atoms with Gasteiger partial charge in [-0.25, -0.2) is 4.99 Å². The van der Waals surface area contributed by atoms with E-state index >= 15 is 0 Å². The first-order chi connectivity index (χ1) is 23.2. The lowest BCUT2D eigenvalue weighted by Gasteiger charge is -2.30. The Balaban J connectivity index is 0. The molecule has 1 N–H and O–H groups in total. The Hall–Kier alpha value is -3.38. The molecule has 0 aromatic heterocycles. The second-order valence-corrected chi connectivity index (χ2v) is 13.8. The molecular weight excluding hydrogens is 630 g/mol. The quantitative estimate of drug-likeness (QED) is 0.0537. The Labute approximate surface area is 304 Å². The molecule has 0 aliphatic carbocycles. The number of ether oxygens (including phenoxy) is 3.